The lowest BCUT2D eigenvalue weighted by molar-refractivity contribution is 0.102. The average molecular weight is 482 g/mol. The van der Waals surface area contributed by atoms with Crippen LogP contribution in [-0.4, -0.2) is 20.9 Å². The number of fused-ring (bicyclic) bond motifs is 1. The van der Waals surface area contributed by atoms with Crippen molar-refractivity contribution in [1.82, 2.24) is 15.0 Å². The van der Waals surface area contributed by atoms with Crippen LogP contribution in [0.1, 0.15) is 38.9 Å². The first-order chi connectivity index (χ1) is 17.0. The summed E-state index contributed by atoms with van der Waals surface area (Å²) < 4.78 is 0. The molecule has 0 saturated carbocycles. The van der Waals surface area contributed by atoms with Crippen molar-refractivity contribution in [2.75, 3.05) is 10.6 Å². The van der Waals surface area contributed by atoms with E-state index in [1.54, 1.807) is 36.7 Å². The van der Waals surface area contributed by atoms with Crippen molar-refractivity contribution in [3.63, 3.8) is 0 Å². The van der Waals surface area contributed by atoms with Gasteiger partial charge in [0.1, 0.15) is 5.82 Å². The van der Waals surface area contributed by atoms with Gasteiger partial charge in [-0.15, -0.1) is 0 Å². The molecule has 2 aromatic carbocycles. The van der Waals surface area contributed by atoms with Gasteiger partial charge in [0.2, 0.25) is 0 Å². The number of anilines is 2. The van der Waals surface area contributed by atoms with E-state index in [1.807, 2.05) is 62.4 Å². The van der Waals surface area contributed by atoms with Gasteiger partial charge in [0.15, 0.2) is 0 Å². The van der Waals surface area contributed by atoms with Gasteiger partial charge < -0.3 is 15.6 Å². The Kier molecular flexibility index (Phi) is 6.21. The van der Waals surface area contributed by atoms with Gasteiger partial charge in [-0.1, -0.05) is 17.7 Å². The monoisotopic (exact) mass is 481 g/mol. The number of rotatable bonds is 6. The van der Waals surface area contributed by atoms with E-state index < -0.39 is 0 Å². The molecule has 174 valence electrons. The number of H-pyrrole nitrogens is 1. The molecule has 0 radical (unpaired) electrons. The molecule has 3 heterocycles. The van der Waals surface area contributed by atoms with Gasteiger partial charge in [-0.2, -0.15) is 0 Å². The number of halogens is 1. The average Bonchev–Trinajstić information content (AvgIpc) is 3.18. The number of nitrogens with zero attached hydrogens (tertiary/aromatic N) is 2. The van der Waals surface area contributed by atoms with Crippen LogP contribution in [0, 0.1) is 13.8 Å². The number of nitrogens with one attached hydrogen (secondary N) is 3. The molecule has 1 unspecified atom stereocenters. The Morgan fingerprint density at radius 3 is 2.51 bits per heavy atom. The third-order valence-corrected chi connectivity index (χ3v) is 6.13. The van der Waals surface area contributed by atoms with Crippen LogP contribution in [0.2, 0.25) is 5.02 Å². The highest BCUT2D eigenvalue weighted by Crippen LogP contribution is 2.35. The van der Waals surface area contributed by atoms with Crippen molar-refractivity contribution in [3.8, 4) is 0 Å². The summed E-state index contributed by atoms with van der Waals surface area (Å²) in [6.07, 6.45) is 3.58. The number of hydrogen-bond acceptors (Lipinski definition) is 4. The van der Waals surface area contributed by atoms with Crippen molar-refractivity contribution >= 4 is 39.9 Å². The summed E-state index contributed by atoms with van der Waals surface area (Å²) in [6, 6.07) is 22.3. The maximum Gasteiger partial charge on any atom is 0.255 e. The Hall–Kier alpha value is -4.16. The second kappa shape index (κ2) is 9.60. The predicted octanol–water partition coefficient (Wildman–Crippen LogP) is 6.68. The molecule has 0 aliphatic carbocycles. The second-order valence-corrected chi connectivity index (χ2v) is 8.87. The summed E-state index contributed by atoms with van der Waals surface area (Å²) >= 11 is 5.96. The van der Waals surface area contributed by atoms with Gasteiger partial charge in [-0.3, -0.25) is 9.78 Å². The standard InChI is InChI=1S/C28H24ClN5O/c1-17-12-14-31-25(15-17)34-27(24-5-3-4-13-30-24)26-18(2)32-23-11-10-21(16-22(23)26)33-28(35)19-6-8-20(29)9-7-19/h3-16,27,32H,1-2H3,(H,31,34)(H,33,35). The van der Waals surface area contributed by atoms with E-state index in [2.05, 4.69) is 25.6 Å². The summed E-state index contributed by atoms with van der Waals surface area (Å²) in [4.78, 5) is 25.4. The lowest BCUT2D eigenvalue weighted by Crippen LogP contribution is -2.15. The summed E-state index contributed by atoms with van der Waals surface area (Å²) in [5.74, 6) is 0.569. The third kappa shape index (κ3) is 4.88. The molecule has 0 fully saturated rings. The zero-order valence-corrected chi connectivity index (χ0v) is 20.1. The number of amides is 1. The Bertz CT molecular complexity index is 1500. The predicted molar refractivity (Wildman–Crippen MR) is 141 cm³/mol. The highest BCUT2D eigenvalue weighted by Gasteiger charge is 2.23. The summed E-state index contributed by atoms with van der Waals surface area (Å²) in [6.45, 7) is 4.08. The van der Waals surface area contributed by atoms with Gasteiger partial charge in [0.25, 0.3) is 5.91 Å². The van der Waals surface area contributed by atoms with Crippen molar-refractivity contribution in [3.05, 3.63) is 118 Å². The molecule has 1 atom stereocenters. The molecule has 6 nitrogen and oxygen atoms in total. The van der Waals surface area contributed by atoms with Crippen LogP contribution < -0.4 is 10.6 Å². The Morgan fingerprint density at radius 1 is 0.943 bits per heavy atom. The van der Waals surface area contributed by atoms with E-state index in [0.717, 1.165) is 39.2 Å². The molecule has 0 bridgehead atoms. The van der Waals surface area contributed by atoms with E-state index in [9.17, 15) is 4.79 Å². The van der Waals surface area contributed by atoms with Crippen LogP contribution in [0.4, 0.5) is 11.5 Å². The molecule has 0 aliphatic rings. The van der Waals surface area contributed by atoms with Crippen LogP contribution >= 0.6 is 11.6 Å². The quantitative estimate of drug-likeness (QED) is 0.252. The van der Waals surface area contributed by atoms with E-state index >= 15 is 0 Å². The number of aromatic nitrogens is 3. The van der Waals surface area contributed by atoms with Crippen LogP contribution in [-0.2, 0) is 0 Å². The van der Waals surface area contributed by atoms with Gasteiger partial charge in [0, 0.05) is 50.8 Å². The minimum atomic E-state index is -0.249. The van der Waals surface area contributed by atoms with E-state index in [0.29, 0.717) is 16.3 Å². The van der Waals surface area contributed by atoms with E-state index in [4.69, 9.17) is 11.6 Å². The van der Waals surface area contributed by atoms with Gasteiger partial charge >= 0.3 is 0 Å². The largest absolute Gasteiger partial charge is 0.358 e. The molecule has 7 heteroatoms. The number of hydrogen-bond donors (Lipinski definition) is 3. The van der Waals surface area contributed by atoms with Crippen molar-refractivity contribution in [2.45, 2.75) is 19.9 Å². The summed E-state index contributed by atoms with van der Waals surface area (Å²) in [7, 11) is 0. The third-order valence-electron chi connectivity index (χ3n) is 5.88. The lowest BCUT2D eigenvalue weighted by atomic mass is 9.99. The molecule has 0 aliphatic heterocycles. The maximum atomic E-state index is 12.8. The molecular weight excluding hydrogens is 458 g/mol. The maximum absolute atomic E-state index is 12.8. The molecule has 5 aromatic rings. The number of aromatic amines is 1. The Labute approximate surface area is 208 Å². The lowest BCUT2D eigenvalue weighted by Gasteiger charge is -2.20. The van der Waals surface area contributed by atoms with Gasteiger partial charge in [0.05, 0.1) is 11.7 Å². The fourth-order valence-corrected chi connectivity index (χ4v) is 4.33. The SMILES string of the molecule is Cc1ccnc(NC(c2ccccn2)c2c(C)[nH]c3ccc(NC(=O)c4ccc(Cl)cc4)cc23)c1. The van der Waals surface area contributed by atoms with Crippen LogP contribution in [0.5, 0.6) is 0 Å². The first-order valence-corrected chi connectivity index (χ1v) is 11.6. The highest BCUT2D eigenvalue weighted by molar-refractivity contribution is 6.30. The number of carbonyl (C=O) groups excluding carboxylic acids is 1. The smallest absolute Gasteiger partial charge is 0.255 e. The normalized spacial score (nSPS) is 11.9. The van der Waals surface area contributed by atoms with Crippen molar-refractivity contribution < 1.29 is 4.79 Å². The van der Waals surface area contributed by atoms with Crippen molar-refractivity contribution in [2.24, 2.45) is 0 Å². The molecular formula is C28H24ClN5O. The minimum absolute atomic E-state index is 0.196. The number of pyridine rings is 2. The fraction of sp³-hybridized carbons (Fsp3) is 0.107. The number of aryl methyl sites for hydroxylation is 2. The topological polar surface area (TPSA) is 82.7 Å². The van der Waals surface area contributed by atoms with Crippen molar-refractivity contribution in [1.29, 1.82) is 0 Å². The Balaban J connectivity index is 1.55. The van der Waals surface area contributed by atoms with E-state index in [1.165, 1.54) is 0 Å². The number of benzene rings is 2. The molecule has 5 rings (SSSR count). The Morgan fingerprint density at radius 2 is 1.77 bits per heavy atom. The second-order valence-electron chi connectivity index (χ2n) is 8.44. The molecule has 3 N–H and O–H groups in total. The van der Waals surface area contributed by atoms with E-state index in [-0.39, 0.29) is 11.9 Å². The van der Waals surface area contributed by atoms with Crippen LogP contribution in [0.3, 0.4) is 0 Å². The molecule has 0 saturated heterocycles. The molecule has 3 aromatic heterocycles. The van der Waals surface area contributed by atoms with Gasteiger partial charge in [-0.05, 0) is 86.1 Å². The van der Waals surface area contributed by atoms with Crippen LogP contribution in [0.25, 0.3) is 10.9 Å². The summed E-state index contributed by atoms with van der Waals surface area (Å²) in [5, 5.41) is 8.15. The first-order valence-electron chi connectivity index (χ1n) is 11.3. The zero-order valence-electron chi connectivity index (χ0n) is 19.3. The van der Waals surface area contributed by atoms with Gasteiger partial charge in [-0.25, -0.2) is 4.98 Å². The fourth-order valence-electron chi connectivity index (χ4n) is 4.21. The zero-order chi connectivity index (χ0) is 24.4. The minimum Gasteiger partial charge on any atom is -0.358 e. The van der Waals surface area contributed by atoms with Crippen LogP contribution in [0.15, 0.2) is 85.2 Å². The number of carbonyl (C=O) groups is 1. The summed E-state index contributed by atoms with van der Waals surface area (Å²) in [5.41, 5.74) is 6.26. The highest BCUT2D eigenvalue weighted by atomic mass is 35.5. The first kappa shape index (κ1) is 22.6. The molecule has 0 spiro atoms. The molecule has 1 amide bonds. The molecule has 35 heavy (non-hydrogen) atoms.